The Hall–Kier alpha value is -1.55. The van der Waals surface area contributed by atoms with Gasteiger partial charge in [-0.05, 0) is 44.5 Å². The van der Waals surface area contributed by atoms with Crippen molar-refractivity contribution in [2.45, 2.75) is 25.8 Å². The van der Waals surface area contributed by atoms with E-state index in [-0.39, 0.29) is 12.5 Å². The number of anilines is 1. The van der Waals surface area contributed by atoms with Crippen LogP contribution in [0, 0.1) is 0 Å². The third kappa shape index (κ3) is 3.55. The van der Waals surface area contributed by atoms with Gasteiger partial charge in [0.15, 0.2) is 0 Å². The van der Waals surface area contributed by atoms with Crippen LogP contribution >= 0.6 is 0 Å². The molecule has 1 aromatic rings. The van der Waals surface area contributed by atoms with Gasteiger partial charge in [-0.2, -0.15) is 0 Å². The predicted molar refractivity (Wildman–Crippen MR) is 64.1 cm³/mol. The normalized spacial score (nSPS) is 11.2. The minimum atomic E-state index is -0.410. The first-order valence-electron chi connectivity index (χ1n) is 5.23. The number of nitrogens with two attached hydrogens (primary N) is 1. The molecule has 0 spiro atoms. The molecule has 0 aliphatic carbocycles. The van der Waals surface area contributed by atoms with Crippen LogP contribution in [-0.2, 0) is 0 Å². The fraction of sp³-hybridized carbons (Fsp3) is 0.417. The minimum absolute atomic E-state index is 0.0506. The van der Waals surface area contributed by atoms with E-state index in [1.807, 2.05) is 13.8 Å². The minimum Gasteiger partial charge on any atom is -0.399 e. The molecule has 0 heterocycles. The number of hydrogen-bond acceptors (Lipinski definition) is 3. The number of hydrogen-bond donors (Lipinski definition) is 3. The lowest BCUT2D eigenvalue weighted by atomic mass is 10.0. The molecule has 4 heteroatoms. The molecule has 16 heavy (non-hydrogen) atoms. The average molecular weight is 222 g/mol. The summed E-state index contributed by atoms with van der Waals surface area (Å²) in [6.07, 6.45) is 0.522. The smallest absolute Gasteiger partial charge is 0.251 e. The van der Waals surface area contributed by atoms with Gasteiger partial charge in [0.2, 0.25) is 0 Å². The van der Waals surface area contributed by atoms with Crippen molar-refractivity contribution < 1.29 is 9.90 Å². The van der Waals surface area contributed by atoms with E-state index in [2.05, 4.69) is 5.32 Å². The van der Waals surface area contributed by atoms with Crippen LogP contribution in [0.1, 0.15) is 30.6 Å². The summed E-state index contributed by atoms with van der Waals surface area (Å²) in [5, 5.41) is 11.7. The van der Waals surface area contributed by atoms with Gasteiger partial charge in [-0.3, -0.25) is 4.79 Å². The van der Waals surface area contributed by atoms with Gasteiger partial charge in [-0.15, -0.1) is 0 Å². The number of carbonyl (C=O) groups is 1. The first-order valence-corrected chi connectivity index (χ1v) is 5.23. The van der Waals surface area contributed by atoms with Crippen molar-refractivity contribution in [3.63, 3.8) is 0 Å². The zero-order valence-corrected chi connectivity index (χ0v) is 9.66. The first kappa shape index (κ1) is 12.5. The summed E-state index contributed by atoms with van der Waals surface area (Å²) in [6, 6.07) is 6.74. The largest absolute Gasteiger partial charge is 0.399 e. The monoisotopic (exact) mass is 222 g/mol. The second kappa shape index (κ2) is 4.99. The van der Waals surface area contributed by atoms with Crippen molar-refractivity contribution in [1.29, 1.82) is 0 Å². The maximum absolute atomic E-state index is 11.8. The number of carbonyl (C=O) groups excluding carboxylic acids is 1. The number of benzene rings is 1. The zero-order chi connectivity index (χ0) is 12.2. The van der Waals surface area contributed by atoms with Crippen LogP contribution in [0.2, 0.25) is 0 Å². The fourth-order valence-corrected chi connectivity index (χ4v) is 1.36. The Morgan fingerprint density at radius 3 is 2.44 bits per heavy atom. The Kier molecular flexibility index (Phi) is 3.90. The topological polar surface area (TPSA) is 75.3 Å². The Bertz CT molecular complexity index is 358. The summed E-state index contributed by atoms with van der Waals surface area (Å²) in [7, 11) is 0. The Labute approximate surface area is 95.5 Å². The van der Waals surface area contributed by atoms with Gasteiger partial charge in [0.25, 0.3) is 5.91 Å². The van der Waals surface area contributed by atoms with Crippen molar-refractivity contribution >= 4 is 11.6 Å². The van der Waals surface area contributed by atoms with Gasteiger partial charge in [0, 0.05) is 23.4 Å². The standard InChI is InChI=1S/C12H18N2O2/c1-12(2,7-8-15)14-11(16)9-3-5-10(13)6-4-9/h3-6,15H,7-8,13H2,1-2H3,(H,14,16). The lowest BCUT2D eigenvalue weighted by molar-refractivity contribution is 0.0899. The summed E-state index contributed by atoms with van der Waals surface area (Å²) in [5.74, 6) is -0.154. The zero-order valence-electron chi connectivity index (χ0n) is 9.66. The molecular weight excluding hydrogens is 204 g/mol. The molecule has 0 aromatic heterocycles. The lowest BCUT2D eigenvalue weighted by Crippen LogP contribution is -2.44. The number of aliphatic hydroxyl groups excluding tert-OH is 1. The summed E-state index contributed by atoms with van der Waals surface area (Å²) < 4.78 is 0. The number of rotatable bonds is 4. The van der Waals surface area contributed by atoms with Gasteiger partial charge in [-0.25, -0.2) is 0 Å². The van der Waals surface area contributed by atoms with Crippen LogP contribution < -0.4 is 11.1 Å². The number of aliphatic hydroxyl groups is 1. The van der Waals surface area contributed by atoms with E-state index >= 15 is 0 Å². The number of nitrogens with one attached hydrogen (secondary N) is 1. The Balaban J connectivity index is 2.69. The quantitative estimate of drug-likeness (QED) is 0.669. The van der Waals surface area contributed by atoms with Gasteiger partial charge in [0.1, 0.15) is 0 Å². The third-order valence-electron chi connectivity index (χ3n) is 2.36. The van der Waals surface area contributed by atoms with Crippen molar-refractivity contribution in [2.24, 2.45) is 0 Å². The highest BCUT2D eigenvalue weighted by Gasteiger charge is 2.20. The van der Waals surface area contributed by atoms with Gasteiger partial charge >= 0.3 is 0 Å². The molecule has 88 valence electrons. The van der Waals surface area contributed by atoms with Crippen LogP contribution in [0.5, 0.6) is 0 Å². The van der Waals surface area contributed by atoms with Crippen molar-refractivity contribution in [2.75, 3.05) is 12.3 Å². The van der Waals surface area contributed by atoms with Gasteiger partial charge < -0.3 is 16.2 Å². The van der Waals surface area contributed by atoms with Crippen molar-refractivity contribution in [3.05, 3.63) is 29.8 Å². The van der Waals surface area contributed by atoms with Gasteiger partial charge in [-0.1, -0.05) is 0 Å². The Morgan fingerprint density at radius 1 is 1.38 bits per heavy atom. The number of amides is 1. The maximum Gasteiger partial charge on any atom is 0.251 e. The SMILES string of the molecule is CC(C)(CCO)NC(=O)c1ccc(N)cc1. The maximum atomic E-state index is 11.8. The first-order chi connectivity index (χ1) is 7.44. The number of nitrogen functional groups attached to an aromatic ring is 1. The molecule has 0 unspecified atom stereocenters. The highest BCUT2D eigenvalue weighted by molar-refractivity contribution is 5.94. The van der Waals surface area contributed by atoms with Gasteiger partial charge in [0.05, 0.1) is 0 Å². The molecule has 0 aliphatic heterocycles. The van der Waals surface area contributed by atoms with Crippen LogP contribution in [0.15, 0.2) is 24.3 Å². The summed E-state index contributed by atoms with van der Waals surface area (Å²) in [6.45, 7) is 3.80. The average Bonchev–Trinajstić information content (AvgIpc) is 2.17. The highest BCUT2D eigenvalue weighted by Crippen LogP contribution is 2.10. The molecule has 0 radical (unpaired) electrons. The summed E-state index contributed by atoms with van der Waals surface area (Å²) in [4.78, 5) is 11.8. The van der Waals surface area contributed by atoms with E-state index in [4.69, 9.17) is 10.8 Å². The Morgan fingerprint density at radius 2 is 1.94 bits per heavy atom. The van der Waals surface area contributed by atoms with E-state index in [1.165, 1.54) is 0 Å². The molecule has 0 aliphatic rings. The van der Waals surface area contributed by atoms with E-state index in [9.17, 15) is 4.79 Å². The molecule has 0 saturated heterocycles. The second-order valence-electron chi connectivity index (χ2n) is 4.43. The molecule has 1 rings (SSSR count). The second-order valence-corrected chi connectivity index (χ2v) is 4.43. The van der Waals surface area contributed by atoms with Crippen LogP contribution in [0.3, 0.4) is 0 Å². The van der Waals surface area contributed by atoms with Crippen molar-refractivity contribution in [1.82, 2.24) is 5.32 Å². The molecule has 0 bridgehead atoms. The predicted octanol–water partition coefficient (Wildman–Crippen LogP) is 1.16. The molecule has 0 atom stereocenters. The summed E-state index contributed by atoms with van der Waals surface area (Å²) in [5.41, 5.74) is 6.33. The summed E-state index contributed by atoms with van der Waals surface area (Å²) >= 11 is 0. The fourth-order valence-electron chi connectivity index (χ4n) is 1.36. The van der Waals surface area contributed by atoms with E-state index < -0.39 is 5.54 Å². The molecule has 1 aromatic carbocycles. The molecular formula is C12H18N2O2. The molecule has 1 amide bonds. The lowest BCUT2D eigenvalue weighted by Gasteiger charge is -2.25. The van der Waals surface area contributed by atoms with Crippen LogP contribution in [0.4, 0.5) is 5.69 Å². The van der Waals surface area contributed by atoms with E-state index in [0.717, 1.165) is 0 Å². The third-order valence-corrected chi connectivity index (χ3v) is 2.36. The van der Waals surface area contributed by atoms with E-state index in [1.54, 1.807) is 24.3 Å². The van der Waals surface area contributed by atoms with Crippen LogP contribution in [-0.4, -0.2) is 23.2 Å². The van der Waals surface area contributed by atoms with Crippen molar-refractivity contribution in [3.8, 4) is 0 Å². The van der Waals surface area contributed by atoms with E-state index in [0.29, 0.717) is 17.7 Å². The molecule has 4 nitrogen and oxygen atoms in total. The molecule has 0 saturated carbocycles. The highest BCUT2D eigenvalue weighted by atomic mass is 16.3. The van der Waals surface area contributed by atoms with Crippen LogP contribution in [0.25, 0.3) is 0 Å². The molecule has 0 fully saturated rings. The molecule has 4 N–H and O–H groups in total.